The number of piperazine rings is 1. The number of fused-ring (bicyclic) bond motifs is 1. The van der Waals surface area contributed by atoms with E-state index in [0.717, 1.165) is 48.3 Å². The minimum Gasteiger partial charge on any atom is -0.462 e. The number of benzene rings is 2. The molecule has 1 saturated heterocycles. The predicted molar refractivity (Wildman–Crippen MR) is 127 cm³/mol. The van der Waals surface area contributed by atoms with E-state index >= 15 is 0 Å². The van der Waals surface area contributed by atoms with Crippen molar-refractivity contribution in [3.63, 3.8) is 0 Å². The van der Waals surface area contributed by atoms with E-state index in [1.807, 2.05) is 45.0 Å². The standard InChI is InChI=1S/C18H16Cl2N4.C5H10O2/c19-13-4-5-16-15(11-13)17(23-18(20)22-16)12-2-1-3-14(10-12)24-8-6-21-7-9-24;1-5(2,3)7-4-6/h1-5,10-11,21H,6-9H2;4H,1-3H3. The van der Waals surface area contributed by atoms with Crippen molar-refractivity contribution in [2.45, 2.75) is 26.4 Å². The van der Waals surface area contributed by atoms with Crippen LogP contribution in [-0.4, -0.2) is 48.2 Å². The summed E-state index contributed by atoms with van der Waals surface area (Å²) < 4.78 is 4.55. The van der Waals surface area contributed by atoms with Gasteiger partial charge in [0.15, 0.2) is 0 Å². The Hall–Kier alpha value is -2.41. The van der Waals surface area contributed by atoms with Crippen LogP contribution in [0.15, 0.2) is 42.5 Å². The fraction of sp³-hybridized carbons (Fsp3) is 0.348. The predicted octanol–water partition coefficient (Wildman–Crippen LogP) is 4.97. The second-order valence-electron chi connectivity index (χ2n) is 8.12. The Morgan fingerprint density at radius 3 is 2.45 bits per heavy atom. The lowest BCUT2D eigenvalue weighted by atomic mass is 10.1. The van der Waals surface area contributed by atoms with Crippen LogP contribution in [0.4, 0.5) is 5.69 Å². The molecule has 3 aromatic rings. The molecule has 2 heterocycles. The molecule has 0 unspecified atom stereocenters. The smallest absolute Gasteiger partial charge is 0.293 e. The Morgan fingerprint density at radius 1 is 1.06 bits per heavy atom. The largest absolute Gasteiger partial charge is 0.462 e. The fourth-order valence-electron chi connectivity index (χ4n) is 3.21. The Kier molecular flexibility index (Phi) is 7.70. The maximum atomic E-state index is 9.60. The number of carbonyl (C=O) groups excluding carboxylic acids is 1. The molecule has 1 aliphatic rings. The van der Waals surface area contributed by atoms with E-state index in [2.05, 4.69) is 43.1 Å². The molecule has 0 spiro atoms. The Bertz CT molecular complexity index is 1050. The zero-order chi connectivity index (χ0) is 22.4. The van der Waals surface area contributed by atoms with E-state index in [4.69, 9.17) is 23.2 Å². The first-order valence-corrected chi connectivity index (χ1v) is 10.8. The van der Waals surface area contributed by atoms with Crippen molar-refractivity contribution >= 4 is 46.3 Å². The van der Waals surface area contributed by atoms with Gasteiger partial charge >= 0.3 is 0 Å². The summed E-state index contributed by atoms with van der Waals surface area (Å²) in [5.41, 5.74) is 3.50. The minimum absolute atomic E-state index is 0.243. The summed E-state index contributed by atoms with van der Waals surface area (Å²) in [5.74, 6) is 0. The van der Waals surface area contributed by atoms with E-state index < -0.39 is 0 Å². The minimum atomic E-state index is -0.318. The van der Waals surface area contributed by atoms with Gasteiger partial charge in [0.25, 0.3) is 6.47 Å². The monoisotopic (exact) mass is 460 g/mol. The molecule has 1 aliphatic heterocycles. The van der Waals surface area contributed by atoms with Crippen LogP contribution in [0, 0.1) is 0 Å². The van der Waals surface area contributed by atoms with Gasteiger partial charge in [-0.05, 0) is 62.7 Å². The van der Waals surface area contributed by atoms with Gasteiger partial charge in [0.05, 0.1) is 11.2 Å². The lowest BCUT2D eigenvalue weighted by Gasteiger charge is -2.29. The molecule has 31 heavy (non-hydrogen) atoms. The molecule has 0 aliphatic carbocycles. The van der Waals surface area contributed by atoms with Crippen LogP contribution in [0.2, 0.25) is 10.3 Å². The van der Waals surface area contributed by atoms with E-state index in [9.17, 15) is 4.79 Å². The van der Waals surface area contributed by atoms with Crippen molar-refractivity contribution in [1.29, 1.82) is 0 Å². The molecule has 2 aromatic carbocycles. The third-order valence-electron chi connectivity index (χ3n) is 4.63. The van der Waals surface area contributed by atoms with Gasteiger partial charge in [0.2, 0.25) is 5.28 Å². The summed E-state index contributed by atoms with van der Waals surface area (Å²) in [6, 6.07) is 14.0. The van der Waals surface area contributed by atoms with Crippen LogP contribution in [0.5, 0.6) is 0 Å². The average Bonchev–Trinajstić information content (AvgIpc) is 2.74. The zero-order valence-electron chi connectivity index (χ0n) is 17.9. The van der Waals surface area contributed by atoms with Crippen molar-refractivity contribution in [1.82, 2.24) is 15.3 Å². The molecule has 6 nitrogen and oxygen atoms in total. The molecule has 1 aromatic heterocycles. The number of hydrogen-bond acceptors (Lipinski definition) is 6. The Morgan fingerprint density at radius 2 is 1.81 bits per heavy atom. The van der Waals surface area contributed by atoms with Gasteiger partial charge in [0.1, 0.15) is 5.60 Å². The van der Waals surface area contributed by atoms with Crippen LogP contribution in [-0.2, 0) is 9.53 Å². The zero-order valence-corrected chi connectivity index (χ0v) is 19.4. The molecule has 1 fully saturated rings. The van der Waals surface area contributed by atoms with E-state index in [1.165, 1.54) is 5.69 Å². The molecule has 0 amide bonds. The number of aromatic nitrogens is 2. The molecule has 8 heteroatoms. The number of nitrogens with one attached hydrogen (secondary N) is 1. The van der Waals surface area contributed by atoms with E-state index in [-0.39, 0.29) is 10.9 Å². The number of hydrogen-bond donors (Lipinski definition) is 1. The maximum Gasteiger partial charge on any atom is 0.293 e. The summed E-state index contributed by atoms with van der Waals surface area (Å²) >= 11 is 12.3. The molecule has 164 valence electrons. The van der Waals surface area contributed by atoms with Gasteiger partial charge in [-0.2, -0.15) is 0 Å². The van der Waals surface area contributed by atoms with Crippen molar-refractivity contribution in [3.05, 3.63) is 52.8 Å². The van der Waals surface area contributed by atoms with Crippen LogP contribution in [0.25, 0.3) is 22.2 Å². The van der Waals surface area contributed by atoms with Gasteiger partial charge in [-0.3, -0.25) is 4.79 Å². The molecule has 0 radical (unpaired) electrons. The number of rotatable bonds is 3. The molecule has 1 N–H and O–H groups in total. The Balaban J connectivity index is 0.000000339. The van der Waals surface area contributed by atoms with Crippen molar-refractivity contribution in [2.24, 2.45) is 0 Å². The number of carbonyl (C=O) groups is 1. The first-order chi connectivity index (χ1) is 14.8. The number of ether oxygens (including phenoxy) is 1. The number of nitrogens with zero attached hydrogens (tertiary/aromatic N) is 3. The third kappa shape index (κ3) is 6.53. The normalized spacial score (nSPS) is 14.0. The highest BCUT2D eigenvalue weighted by Crippen LogP contribution is 2.31. The second-order valence-corrected chi connectivity index (χ2v) is 8.89. The summed E-state index contributed by atoms with van der Waals surface area (Å²) in [6.07, 6.45) is 0. The maximum absolute atomic E-state index is 9.60. The van der Waals surface area contributed by atoms with Crippen molar-refractivity contribution < 1.29 is 9.53 Å². The van der Waals surface area contributed by atoms with Gasteiger partial charge in [-0.1, -0.05) is 23.7 Å². The highest BCUT2D eigenvalue weighted by Gasteiger charge is 2.14. The first kappa shape index (κ1) is 23.3. The summed E-state index contributed by atoms with van der Waals surface area (Å²) in [5, 5.41) is 5.18. The van der Waals surface area contributed by atoms with Crippen LogP contribution < -0.4 is 10.2 Å². The molecule has 0 bridgehead atoms. The topological polar surface area (TPSA) is 67.3 Å². The number of halogens is 2. The van der Waals surface area contributed by atoms with E-state index in [1.54, 1.807) is 0 Å². The summed E-state index contributed by atoms with van der Waals surface area (Å²) in [6.45, 7) is 9.93. The van der Waals surface area contributed by atoms with Crippen LogP contribution in [0.1, 0.15) is 20.8 Å². The molecule has 4 rings (SSSR count). The highest BCUT2D eigenvalue weighted by molar-refractivity contribution is 6.31. The first-order valence-electron chi connectivity index (χ1n) is 10.1. The summed E-state index contributed by atoms with van der Waals surface area (Å²) in [7, 11) is 0. The van der Waals surface area contributed by atoms with Gasteiger partial charge in [-0.25, -0.2) is 9.97 Å². The highest BCUT2D eigenvalue weighted by atomic mass is 35.5. The quantitative estimate of drug-likeness (QED) is 0.439. The molecule has 0 atom stereocenters. The SMILES string of the molecule is CC(C)(C)OC=O.Clc1ccc2nc(Cl)nc(-c3cccc(N4CCNCC4)c3)c2c1. The van der Waals surface area contributed by atoms with Crippen molar-refractivity contribution in [2.75, 3.05) is 31.1 Å². The van der Waals surface area contributed by atoms with Crippen LogP contribution >= 0.6 is 23.2 Å². The lowest BCUT2D eigenvalue weighted by Crippen LogP contribution is -2.43. The van der Waals surface area contributed by atoms with Gasteiger partial charge < -0.3 is 15.0 Å². The molecule has 0 saturated carbocycles. The van der Waals surface area contributed by atoms with Gasteiger partial charge in [0, 0.05) is 47.8 Å². The third-order valence-corrected chi connectivity index (χ3v) is 5.04. The van der Waals surface area contributed by atoms with Crippen LogP contribution in [0.3, 0.4) is 0 Å². The molecular formula is C23H26Cl2N4O2. The lowest BCUT2D eigenvalue weighted by molar-refractivity contribution is -0.138. The number of anilines is 1. The summed E-state index contributed by atoms with van der Waals surface area (Å²) in [4.78, 5) is 20.7. The second kappa shape index (κ2) is 10.3. The van der Waals surface area contributed by atoms with E-state index in [0.29, 0.717) is 11.5 Å². The fourth-order valence-corrected chi connectivity index (χ4v) is 3.56. The Labute approximate surface area is 192 Å². The van der Waals surface area contributed by atoms with Gasteiger partial charge in [-0.15, -0.1) is 0 Å². The molecular weight excluding hydrogens is 435 g/mol. The average molecular weight is 461 g/mol. The van der Waals surface area contributed by atoms with Crippen molar-refractivity contribution in [3.8, 4) is 11.3 Å².